The largest absolute Gasteiger partial charge is 0.480 e. The predicted octanol–water partition coefficient (Wildman–Crippen LogP) is 2.35. The highest BCUT2D eigenvalue weighted by Crippen LogP contribution is 2.30. The third-order valence-electron chi connectivity index (χ3n) is 3.58. The number of aliphatic hydroxyl groups excluding tert-OH is 1. The molecule has 0 radical (unpaired) electrons. The van der Waals surface area contributed by atoms with Gasteiger partial charge in [-0.1, -0.05) is 32.4 Å². The number of carbonyl (C=O) groups excluding carboxylic acids is 1. The lowest BCUT2D eigenvalue weighted by molar-refractivity contribution is -0.145. The molecule has 0 aliphatic heterocycles. The van der Waals surface area contributed by atoms with Crippen LogP contribution >= 0.6 is 0 Å². The van der Waals surface area contributed by atoms with Crippen LogP contribution in [0.5, 0.6) is 0 Å². The van der Waals surface area contributed by atoms with Crippen LogP contribution in [0.15, 0.2) is 24.3 Å². The Morgan fingerprint density at radius 1 is 1.22 bits per heavy atom. The van der Waals surface area contributed by atoms with Crippen molar-refractivity contribution in [3.8, 4) is 0 Å². The normalized spacial score (nSPS) is 15.6. The number of alkyl halides is 3. The summed E-state index contributed by atoms with van der Waals surface area (Å²) in [5.41, 5.74) is -0.958. The fraction of sp³-hybridized carbons (Fsp3) is 0.467. The summed E-state index contributed by atoms with van der Waals surface area (Å²) < 4.78 is 37.4. The van der Waals surface area contributed by atoms with E-state index in [0.717, 1.165) is 24.3 Å². The first-order chi connectivity index (χ1) is 10.6. The molecule has 8 heteroatoms. The van der Waals surface area contributed by atoms with Gasteiger partial charge in [0, 0.05) is 0 Å². The lowest BCUT2D eigenvalue weighted by Gasteiger charge is -2.22. The molecule has 0 bridgehead atoms. The number of nitrogens with one attached hydrogen (secondary N) is 1. The zero-order valence-corrected chi connectivity index (χ0v) is 12.6. The van der Waals surface area contributed by atoms with E-state index >= 15 is 0 Å². The first-order valence-corrected chi connectivity index (χ1v) is 6.96. The van der Waals surface area contributed by atoms with Gasteiger partial charge in [-0.2, -0.15) is 13.2 Å². The molecular weight excluding hydrogens is 315 g/mol. The van der Waals surface area contributed by atoms with E-state index in [1.54, 1.807) is 13.8 Å². The summed E-state index contributed by atoms with van der Waals surface area (Å²) in [6, 6.07) is 2.26. The maximum absolute atomic E-state index is 12.5. The lowest BCUT2D eigenvalue weighted by Crippen LogP contribution is -2.46. The molecule has 0 aliphatic carbocycles. The second-order valence-electron chi connectivity index (χ2n) is 5.23. The predicted molar refractivity (Wildman–Crippen MR) is 75.4 cm³/mol. The molecular formula is C15H18F3NO4. The zero-order chi connectivity index (χ0) is 17.8. The topological polar surface area (TPSA) is 86.6 Å². The van der Waals surface area contributed by atoms with Crippen LogP contribution < -0.4 is 5.32 Å². The molecule has 3 atom stereocenters. The summed E-state index contributed by atoms with van der Waals surface area (Å²) in [7, 11) is 0. The monoisotopic (exact) mass is 333 g/mol. The Kier molecular flexibility index (Phi) is 6.14. The number of hydrogen-bond acceptors (Lipinski definition) is 3. The van der Waals surface area contributed by atoms with Gasteiger partial charge in [-0.15, -0.1) is 0 Å². The first-order valence-electron chi connectivity index (χ1n) is 6.96. The number of amides is 1. The van der Waals surface area contributed by atoms with Gasteiger partial charge < -0.3 is 15.5 Å². The van der Waals surface area contributed by atoms with Gasteiger partial charge in [-0.3, -0.25) is 4.79 Å². The molecule has 0 saturated heterocycles. The average Bonchev–Trinajstić information content (AvgIpc) is 2.49. The maximum Gasteiger partial charge on any atom is 0.416 e. The van der Waals surface area contributed by atoms with E-state index in [1.165, 1.54) is 0 Å². The van der Waals surface area contributed by atoms with E-state index in [2.05, 4.69) is 5.32 Å². The fourth-order valence-electron chi connectivity index (χ4n) is 1.92. The van der Waals surface area contributed by atoms with Gasteiger partial charge in [0.15, 0.2) is 6.10 Å². The van der Waals surface area contributed by atoms with Gasteiger partial charge in [0.25, 0.3) is 5.91 Å². The van der Waals surface area contributed by atoms with E-state index in [4.69, 9.17) is 5.11 Å². The minimum atomic E-state index is -4.52. The van der Waals surface area contributed by atoms with Crippen molar-refractivity contribution in [1.29, 1.82) is 0 Å². The second kappa shape index (κ2) is 7.45. The van der Waals surface area contributed by atoms with Crippen molar-refractivity contribution in [2.75, 3.05) is 0 Å². The summed E-state index contributed by atoms with van der Waals surface area (Å²) in [6.07, 6.45) is -5.77. The molecule has 0 unspecified atom stereocenters. The maximum atomic E-state index is 12.5. The molecule has 0 fully saturated rings. The Morgan fingerprint density at radius 2 is 1.74 bits per heavy atom. The number of aliphatic hydroxyl groups is 1. The van der Waals surface area contributed by atoms with Crippen molar-refractivity contribution >= 4 is 11.9 Å². The molecule has 23 heavy (non-hydrogen) atoms. The standard InChI is InChI=1S/C15H18F3NO4/c1-3-8(2)11(14(22)23)19-13(21)12(20)9-4-6-10(7-5-9)15(16,17)18/h4-8,11-12,20H,3H2,1-2H3,(H,19,21)(H,22,23)/t8-,11-,12-/m0/s1. The molecule has 1 rings (SSSR count). The number of hydrogen-bond donors (Lipinski definition) is 3. The Bertz CT molecular complexity index is 557. The molecule has 128 valence electrons. The van der Waals surface area contributed by atoms with Crippen LogP contribution in [0.4, 0.5) is 13.2 Å². The smallest absolute Gasteiger partial charge is 0.416 e. The number of benzene rings is 1. The van der Waals surface area contributed by atoms with E-state index in [1.807, 2.05) is 0 Å². The van der Waals surface area contributed by atoms with Crippen molar-refractivity contribution in [1.82, 2.24) is 5.32 Å². The van der Waals surface area contributed by atoms with Crippen molar-refractivity contribution < 1.29 is 33.0 Å². The summed E-state index contributed by atoms with van der Waals surface area (Å²) in [4.78, 5) is 23.0. The number of halogens is 3. The van der Waals surface area contributed by atoms with Crippen LogP contribution in [0.1, 0.15) is 37.5 Å². The molecule has 0 aromatic heterocycles. The molecule has 1 aromatic rings. The summed E-state index contributed by atoms with van der Waals surface area (Å²) in [5.74, 6) is -2.58. The van der Waals surface area contributed by atoms with Crippen LogP contribution in [0.25, 0.3) is 0 Å². The molecule has 0 spiro atoms. The van der Waals surface area contributed by atoms with E-state index in [9.17, 15) is 27.9 Å². The second-order valence-corrected chi connectivity index (χ2v) is 5.23. The van der Waals surface area contributed by atoms with Gasteiger partial charge in [0.1, 0.15) is 6.04 Å². The van der Waals surface area contributed by atoms with Crippen molar-refractivity contribution in [3.05, 3.63) is 35.4 Å². The van der Waals surface area contributed by atoms with Gasteiger partial charge >= 0.3 is 12.1 Å². The summed E-state index contributed by atoms with van der Waals surface area (Å²) in [5, 5.41) is 21.2. The summed E-state index contributed by atoms with van der Waals surface area (Å²) >= 11 is 0. The highest BCUT2D eigenvalue weighted by Gasteiger charge is 2.31. The van der Waals surface area contributed by atoms with Crippen molar-refractivity contribution in [2.24, 2.45) is 5.92 Å². The van der Waals surface area contributed by atoms with Gasteiger partial charge in [-0.05, 0) is 23.6 Å². The minimum Gasteiger partial charge on any atom is -0.480 e. The third-order valence-corrected chi connectivity index (χ3v) is 3.58. The van der Waals surface area contributed by atoms with E-state index in [0.29, 0.717) is 6.42 Å². The van der Waals surface area contributed by atoms with Gasteiger partial charge in [-0.25, -0.2) is 4.79 Å². The molecule has 0 heterocycles. The molecule has 1 aromatic carbocycles. The average molecular weight is 333 g/mol. The summed E-state index contributed by atoms with van der Waals surface area (Å²) in [6.45, 7) is 3.38. The fourth-order valence-corrected chi connectivity index (χ4v) is 1.92. The van der Waals surface area contributed by atoms with Crippen LogP contribution in [0.3, 0.4) is 0 Å². The number of aliphatic carboxylic acids is 1. The van der Waals surface area contributed by atoms with Gasteiger partial charge in [0.05, 0.1) is 5.56 Å². The van der Waals surface area contributed by atoms with Crippen molar-refractivity contribution in [2.45, 2.75) is 38.6 Å². The minimum absolute atomic E-state index is 0.0520. The Labute approximate surface area is 131 Å². The van der Waals surface area contributed by atoms with Crippen LogP contribution in [-0.2, 0) is 15.8 Å². The van der Waals surface area contributed by atoms with E-state index < -0.39 is 35.8 Å². The SMILES string of the molecule is CC[C@H](C)[C@H](NC(=O)[C@@H](O)c1ccc(C(F)(F)F)cc1)C(=O)O. The molecule has 0 saturated carbocycles. The Morgan fingerprint density at radius 3 is 2.13 bits per heavy atom. The highest BCUT2D eigenvalue weighted by atomic mass is 19.4. The number of carboxylic acids is 1. The number of carbonyl (C=O) groups is 2. The Hall–Kier alpha value is -2.09. The number of rotatable bonds is 6. The van der Waals surface area contributed by atoms with Crippen LogP contribution in [0.2, 0.25) is 0 Å². The quantitative estimate of drug-likeness (QED) is 0.746. The highest BCUT2D eigenvalue weighted by molar-refractivity contribution is 5.87. The van der Waals surface area contributed by atoms with E-state index in [-0.39, 0.29) is 11.5 Å². The first kappa shape index (κ1) is 19.0. The van der Waals surface area contributed by atoms with Crippen LogP contribution in [-0.4, -0.2) is 28.1 Å². The third kappa shape index (κ3) is 4.95. The Balaban J connectivity index is 2.85. The van der Waals surface area contributed by atoms with Crippen LogP contribution in [0, 0.1) is 5.92 Å². The molecule has 5 nitrogen and oxygen atoms in total. The lowest BCUT2D eigenvalue weighted by atomic mass is 9.98. The zero-order valence-electron chi connectivity index (χ0n) is 12.6. The number of carboxylic acid groups (broad SMARTS) is 1. The van der Waals surface area contributed by atoms with Gasteiger partial charge in [0.2, 0.25) is 0 Å². The molecule has 3 N–H and O–H groups in total. The van der Waals surface area contributed by atoms with Crippen molar-refractivity contribution in [3.63, 3.8) is 0 Å². The molecule has 1 amide bonds. The molecule has 0 aliphatic rings.